The summed E-state index contributed by atoms with van der Waals surface area (Å²) in [7, 11) is 0. The first-order valence-corrected chi connectivity index (χ1v) is 7.37. The largest absolute Gasteiger partial charge is 0.434 e. The number of ether oxygens (including phenoxy) is 1. The van der Waals surface area contributed by atoms with Crippen LogP contribution < -0.4 is 10.1 Å². The maximum absolute atomic E-state index is 13.2. The Hall–Kier alpha value is -3.26. The fourth-order valence-corrected chi connectivity index (χ4v) is 2.18. The maximum Gasteiger partial charge on any atom is 0.373 e. The molecule has 2 aromatic carbocycles. The lowest BCUT2D eigenvalue weighted by Gasteiger charge is -2.09. The van der Waals surface area contributed by atoms with Crippen LogP contribution in [0.5, 0.6) is 11.6 Å². The number of nitrogens with zero attached hydrogens (tertiary/aromatic N) is 3. The smallest absolute Gasteiger partial charge is 0.373 e. The van der Waals surface area contributed by atoms with E-state index < -0.39 is 16.4 Å². The van der Waals surface area contributed by atoms with Crippen molar-refractivity contribution >= 4 is 28.8 Å². The Kier molecular flexibility index (Phi) is 4.71. The molecule has 0 saturated carbocycles. The van der Waals surface area contributed by atoms with Gasteiger partial charge < -0.3 is 10.1 Å². The molecule has 0 saturated heterocycles. The summed E-state index contributed by atoms with van der Waals surface area (Å²) in [6, 6.07) is 12.3. The highest BCUT2D eigenvalue weighted by Crippen LogP contribution is 2.35. The highest BCUT2D eigenvalue weighted by molar-refractivity contribution is 6.31. The SMILES string of the molecule is O=[N+]([O-])c1c(Nc2ccc(F)c(Cl)c2)ncnc1Oc1ccccc1. The van der Waals surface area contributed by atoms with Crippen molar-refractivity contribution in [2.24, 2.45) is 0 Å². The first kappa shape index (κ1) is 16.6. The van der Waals surface area contributed by atoms with E-state index in [1.54, 1.807) is 30.3 Å². The quantitative estimate of drug-likeness (QED) is 0.523. The summed E-state index contributed by atoms with van der Waals surface area (Å²) >= 11 is 5.71. The standard InChI is InChI=1S/C16H10ClFN4O3/c17-12-8-10(6-7-13(12)18)21-15-14(22(23)24)16(20-9-19-15)25-11-4-2-1-3-5-11/h1-9H,(H,19,20,21). The first-order valence-electron chi connectivity index (χ1n) is 6.99. The summed E-state index contributed by atoms with van der Waals surface area (Å²) < 4.78 is 18.7. The molecule has 3 aromatic rings. The van der Waals surface area contributed by atoms with E-state index >= 15 is 0 Å². The molecule has 0 atom stereocenters. The van der Waals surface area contributed by atoms with Crippen LogP contribution in [0.25, 0.3) is 0 Å². The molecule has 1 aromatic heterocycles. The van der Waals surface area contributed by atoms with Crippen LogP contribution in [0.2, 0.25) is 5.02 Å². The fraction of sp³-hybridized carbons (Fsp3) is 0. The number of hydrogen-bond acceptors (Lipinski definition) is 6. The van der Waals surface area contributed by atoms with Crippen LogP contribution in [-0.2, 0) is 0 Å². The van der Waals surface area contributed by atoms with Crippen LogP contribution in [0.15, 0.2) is 54.9 Å². The van der Waals surface area contributed by atoms with Crippen LogP contribution in [0.3, 0.4) is 0 Å². The van der Waals surface area contributed by atoms with Gasteiger partial charge in [-0.1, -0.05) is 29.8 Å². The minimum Gasteiger partial charge on any atom is -0.434 e. The second-order valence-electron chi connectivity index (χ2n) is 4.80. The molecule has 7 nitrogen and oxygen atoms in total. The summed E-state index contributed by atoms with van der Waals surface area (Å²) in [6.45, 7) is 0. The van der Waals surface area contributed by atoms with Crippen molar-refractivity contribution < 1.29 is 14.1 Å². The minimum absolute atomic E-state index is 0.103. The van der Waals surface area contributed by atoms with Crippen molar-refractivity contribution in [2.75, 3.05) is 5.32 Å². The Morgan fingerprint density at radius 1 is 1.16 bits per heavy atom. The van der Waals surface area contributed by atoms with Gasteiger partial charge in [0, 0.05) is 5.69 Å². The van der Waals surface area contributed by atoms with Crippen molar-refractivity contribution in [2.45, 2.75) is 0 Å². The zero-order chi connectivity index (χ0) is 17.8. The molecular weight excluding hydrogens is 351 g/mol. The van der Waals surface area contributed by atoms with Gasteiger partial charge >= 0.3 is 11.6 Å². The Morgan fingerprint density at radius 3 is 2.60 bits per heavy atom. The average Bonchev–Trinajstić information content (AvgIpc) is 2.59. The summed E-state index contributed by atoms with van der Waals surface area (Å²) in [5.74, 6) is -0.534. The van der Waals surface area contributed by atoms with Crippen LogP contribution in [0.4, 0.5) is 21.6 Å². The second kappa shape index (κ2) is 7.10. The number of anilines is 2. The molecule has 0 aliphatic carbocycles. The van der Waals surface area contributed by atoms with E-state index in [0.717, 1.165) is 12.4 Å². The third kappa shape index (κ3) is 3.81. The normalized spacial score (nSPS) is 10.3. The van der Waals surface area contributed by atoms with Gasteiger partial charge in [0.1, 0.15) is 17.9 Å². The first-order chi connectivity index (χ1) is 12.0. The zero-order valence-corrected chi connectivity index (χ0v) is 13.3. The molecule has 0 unspecified atom stereocenters. The third-order valence-electron chi connectivity index (χ3n) is 3.11. The molecule has 0 fully saturated rings. The van der Waals surface area contributed by atoms with Crippen molar-refractivity contribution in [3.63, 3.8) is 0 Å². The Balaban J connectivity index is 1.97. The minimum atomic E-state index is -0.661. The van der Waals surface area contributed by atoms with Crippen molar-refractivity contribution in [3.8, 4) is 11.6 Å². The van der Waals surface area contributed by atoms with Gasteiger partial charge in [0.2, 0.25) is 5.82 Å². The van der Waals surface area contributed by atoms with E-state index in [9.17, 15) is 14.5 Å². The number of para-hydroxylation sites is 1. The third-order valence-corrected chi connectivity index (χ3v) is 3.40. The Bertz CT molecular complexity index is 925. The van der Waals surface area contributed by atoms with Crippen LogP contribution in [0.1, 0.15) is 0 Å². The molecule has 9 heteroatoms. The van der Waals surface area contributed by atoms with Gasteiger partial charge in [-0.3, -0.25) is 10.1 Å². The molecular formula is C16H10ClFN4O3. The van der Waals surface area contributed by atoms with E-state index in [-0.39, 0.29) is 16.7 Å². The second-order valence-corrected chi connectivity index (χ2v) is 5.21. The lowest BCUT2D eigenvalue weighted by Crippen LogP contribution is -2.03. The number of nitro groups is 1. The molecule has 25 heavy (non-hydrogen) atoms. The summed E-state index contributed by atoms with van der Waals surface area (Å²) in [5, 5.41) is 14.1. The van der Waals surface area contributed by atoms with Gasteiger partial charge in [0.15, 0.2) is 0 Å². The number of hydrogen-bond donors (Lipinski definition) is 1. The molecule has 0 bridgehead atoms. The highest BCUT2D eigenvalue weighted by Gasteiger charge is 2.25. The predicted octanol–water partition coefficient (Wildman–Crippen LogP) is 4.71. The van der Waals surface area contributed by atoms with Crippen LogP contribution in [-0.4, -0.2) is 14.9 Å². The van der Waals surface area contributed by atoms with Gasteiger partial charge in [-0.25, -0.2) is 9.37 Å². The lowest BCUT2D eigenvalue weighted by atomic mass is 10.3. The maximum atomic E-state index is 13.2. The Labute approximate surface area is 146 Å². The lowest BCUT2D eigenvalue weighted by molar-refractivity contribution is -0.385. The number of rotatable bonds is 5. The monoisotopic (exact) mass is 360 g/mol. The van der Waals surface area contributed by atoms with Gasteiger partial charge in [0.25, 0.3) is 0 Å². The van der Waals surface area contributed by atoms with Gasteiger partial charge in [-0.05, 0) is 30.3 Å². The number of halogens is 2. The summed E-state index contributed by atoms with van der Waals surface area (Å²) in [6.07, 6.45) is 1.12. The highest BCUT2D eigenvalue weighted by atomic mass is 35.5. The van der Waals surface area contributed by atoms with Gasteiger partial charge in [-0.15, -0.1) is 0 Å². The van der Waals surface area contributed by atoms with Crippen molar-refractivity contribution in [3.05, 3.63) is 75.8 Å². The summed E-state index contributed by atoms with van der Waals surface area (Å²) in [4.78, 5) is 18.5. The molecule has 126 valence electrons. The number of aromatic nitrogens is 2. The van der Waals surface area contributed by atoms with Crippen molar-refractivity contribution in [1.82, 2.24) is 9.97 Å². The molecule has 0 aliphatic rings. The molecule has 0 spiro atoms. The number of benzene rings is 2. The van der Waals surface area contributed by atoms with Crippen LogP contribution >= 0.6 is 11.6 Å². The predicted molar refractivity (Wildman–Crippen MR) is 89.9 cm³/mol. The van der Waals surface area contributed by atoms with E-state index in [0.29, 0.717) is 11.4 Å². The Morgan fingerprint density at radius 2 is 1.92 bits per heavy atom. The van der Waals surface area contributed by atoms with Gasteiger partial charge in [-0.2, -0.15) is 4.98 Å². The van der Waals surface area contributed by atoms with E-state index in [1.807, 2.05) is 0 Å². The molecule has 0 amide bonds. The van der Waals surface area contributed by atoms with Gasteiger partial charge in [0.05, 0.1) is 9.95 Å². The fourth-order valence-electron chi connectivity index (χ4n) is 2.00. The van der Waals surface area contributed by atoms with E-state index in [2.05, 4.69) is 15.3 Å². The van der Waals surface area contributed by atoms with E-state index in [1.165, 1.54) is 12.1 Å². The zero-order valence-electron chi connectivity index (χ0n) is 12.5. The summed E-state index contributed by atoms with van der Waals surface area (Å²) in [5.41, 5.74) is -0.120. The molecule has 0 radical (unpaired) electrons. The molecule has 1 N–H and O–H groups in total. The van der Waals surface area contributed by atoms with Crippen LogP contribution in [0, 0.1) is 15.9 Å². The molecule has 0 aliphatic heterocycles. The number of nitrogens with one attached hydrogen (secondary N) is 1. The molecule has 1 heterocycles. The van der Waals surface area contributed by atoms with Crippen molar-refractivity contribution in [1.29, 1.82) is 0 Å². The van der Waals surface area contributed by atoms with E-state index in [4.69, 9.17) is 16.3 Å². The molecule has 3 rings (SSSR count). The topological polar surface area (TPSA) is 90.2 Å². The average molecular weight is 361 g/mol.